The van der Waals surface area contributed by atoms with E-state index in [4.69, 9.17) is 4.42 Å². The second-order valence-electron chi connectivity index (χ2n) is 3.36. The largest absolute Gasteiger partial charge is 0.438 e. The maximum absolute atomic E-state index is 5.65. The summed E-state index contributed by atoms with van der Waals surface area (Å²) in [5, 5.41) is 0.890. The predicted molar refractivity (Wildman–Crippen MR) is 76.3 cm³/mol. The molecular weight excluding hydrogens is 292 g/mol. The molecule has 0 saturated heterocycles. The van der Waals surface area contributed by atoms with Crippen LogP contribution in [-0.2, 0) is 0 Å². The van der Waals surface area contributed by atoms with Crippen LogP contribution in [0.1, 0.15) is 13.8 Å². The van der Waals surface area contributed by atoms with Crippen LogP contribution in [0.5, 0.6) is 0 Å². The van der Waals surface area contributed by atoms with E-state index in [-0.39, 0.29) is 0 Å². The van der Waals surface area contributed by atoms with Crippen LogP contribution in [0, 0.1) is 0 Å². The Labute approximate surface area is 114 Å². The lowest BCUT2D eigenvalue weighted by Crippen LogP contribution is -1.77. The minimum atomic E-state index is 0.598. The third-order valence-corrected chi connectivity index (χ3v) is 2.97. The summed E-state index contributed by atoms with van der Waals surface area (Å²) in [7, 11) is 0. The molecule has 0 N–H and O–H groups in total. The minimum absolute atomic E-state index is 0.598. The van der Waals surface area contributed by atoms with Crippen LogP contribution in [0.4, 0.5) is 0 Å². The number of rotatable bonds is 1. The van der Waals surface area contributed by atoms with Crippen LogP contribution < -0.4 is 0 Å². The summed E-state index contributed by atoms with van der Waals surface area (Å²) in [6, 6.07) is 11.9. The highest BCUT2D eigenvalue weighted by Gasteiger charge is 2.09. The van der Waals surface area contributed by atoms with Gasteiger partial charge in [0.05, 0.1) is 5.39 Å². The molecular formula is C14H13BrN2O. The van der Waals surface area contributed by atoms with Gasteiger partial charge in [-0.05, 0) is 22.0 Å². The lowest BCUT2D eigenvalue weighted by molar-refractivity contribution is 0.617. The Morgan fingerprint density at radius 3 is 2.44 bits per heavy atom. The van der Waals surface area contributed by atoms with Crippen molar-refractivity contribution >= 4 is 27.0 Å². The van der Waals surface area contributed by atoms with E-state index >= 15 is 0 Å². The molecule has 2 heterocycles. The molecule has 3 nitrogen and oxygen atoms in total. The van der Waals surface area contributed by atoms with E-state index in [2.05, 4.69) is 25.9 Å². The molecule has 0 aliphatic carbocycles. The lowest BCUT2D eigenvalue weighted by Gasteiger charge is -1.92. The maximum atomic E-state index is 5.65. The van der Waals surface area contributed by atoms with Crippen molar-refractivity contribution in [3.05, 3.63) is 47.3 Å². The first-order chi connectivity index (χ1) is 8.84. The third kappa shape index (κ3) is 2.43. The van der Waals surface area contributed by atoms with E-state index in [0.717, 1.165) is 21.3 Å². The van der Waals surface area contributed by atoms with Crippen LogP contribution in [0.2, 0.25) is 0 Å². The molecule has 0 radical (unpaired) electrons. The average molecular weight is 305 g/mol. The first kappa shape index (κ1) is 12.8. The number of aromatic nitrogens is 2. The molecule has 3 aromatic rings. The van der Waals surface area contributed by atoms with Gasteiger partial charge in [0.25, 0.3) is 0 Å². The molecule has 4 heteroatoms. The van der Waals surface area contributed by atoms with Gasteiger partial charge in [0, 0.05) is 5.56 Å². The summed E-state index contributed by atoms with van der Waals surface area (Å²) in [5.74, 6) is 0.803. The van der Waals surface area contributed by atoms with Crippen LogP contribution >= 0.6 is 15.9 Å². The molecule has 0 spiro atoms. The van der Waals surface area contributed by atoms with Crippen LogP contribution in [0.25, 0.3) is 22.4 Å². The van der Waals surface area contributed by atoms with Crippen LogP contribution in [0.3, 0.4) is 0 Å². The number of nitrogens with zero attached hydrogens (tertiary/aromatic N) is 2. The van der Waals surface area contributed by atoms with Crippen molar-refractivity contribution in [2.45, 2.75) is 13.8 Å². The number of hydrogen-bond acceptors (Lipinski definition) is 3. The molecule has 0 bridgehead atoms. The Kier molecular flexibility index (Phi) is 4.10. The van der Waals surface area contributed by atoms with E-state index < -0.39 is 0 Å². The molecule has 1 aromatic carbocycles. The molecule has 92 valence electrons. The zero-order chi connectivity index (χ0) is 13.0. The number of fused-ring (bicyclic) bond motifs is 1. The standard InChI is InChI=1S/C12H7BrN2O.C2H6/c13-11-9-6-10(8-4-2-1-3-5-8)16-12(9)15-7-14-11;1-2/h1-7H;1-2H3. The summed E-state index contributed by atoms with van der Waals surface area (Å²) in [6.45, 7) is 4.00. The monoisotopic (exact) mass is 304 g/mol. The fourth-order valence-electron chi connectivity index (χ4n) is 1.57. The number of halogens is 1. The Balaban J connectivity index is 0.000000574. The highest BCUT2D eigenvalue weighted by molar-refractivity contribution is 9.10. The van der Waals surface area contributed by atoms with Gasteiger partial charge < -0.3 is 4.42 Å². The van der Waals surface area contributed by atoms with E-state index in [9.17, 15) is 0 Å². The predicted octanol–water partition coefficient (Wildman–Crippen LogP) is 4.68. The third-order valence-electron chi connectivity index (χ3n) is 2.34. The van der Waals surface area contributed by atoms with Crippen molar-refractivity contribution in [2.75, 3.05) is 0 Å². The first-order valence-electron chi connectivity index (χ1n) is 5.80. The molecule has 2 aromatic heterocycles. The Bertz CT molecular complexity index is 635. The molecule has 0 unspecified atom stereocenters. The van der Waals surface area contributed by atoms with Crippen LogP contribution in [0.15, 0.2) is 51.7 Å². The SMILES string of the molecule is Brc1ncnc2oc(-c3ccccc3)cc12.CC. The zero-order valence-corrected chi connectivity index (χ0v) is 11.8. The molecule has 0 aliphatic rings. The summed E-state index contributed by atoms with van der Waals surface area (Å²) in [4.78, 5) is 8.14. The molecule has 0 amide bonds. The van der Waals surface area contributed by atoms with E-state index in [1.807, 2.05) is 50.2 Å². The fourth-order valence-corrected chi connectivity index (χ4v) is 1.95. The zero-order valence-electron chi connectivity index (χ0n) is 10.2. The van der Waals surface area contributed by atoms with E-state index in [1.165, 1.54) is 6.33 Å². The Hall–Kier alpha value is -1.68. The Morgan fingerprint density at radius 2 is 1.78 bits per heavy atom. The van der Waals surface area contributed by atoms with Gasteiger partial charge in [0.2, 0.25) is 5.71 Å². The van der Waals surface area contributed by atoms with Crippen molar-refractivity contribution in [1.82, 2.24) is 9.97 Å². The highest BCUT2D eigenvalue weighted by atomic mass is 79.9. The van der Waals surface area contributed by atoms with Crippen molar-refractivity contribution in [3.63, 3.8) is 0 Å². The minimum Gasteiger partial charge on any atom is -0.438 e. The smallest absolute Gasteiger partial charge is 0.230 e. The van der Waals surface area contributed by atoms with Crippen molar-refractivity contribution in [1.29, 1.82) is 0 Å². The second-order valence-corrected chi connectivity index (χ2v) is 4.11. The molecule has 0 aliphatic heterocycles. The van der Waals surface area contributed by atoms with Crippen LogP contribution in [-0.4, -0.2) is 9.97 Å². The summed E-state index contributed by atoms with van der Waals surface area (Å²) in [5.41, 5.74) is 1.63. The molecule has 0 saturated carbocycles. The highest BCUT2D eigenvalue weighted by Crippen LogP contribution is 2.29. The lowest BCUT2D eigenvalue weighted by atomic mass is 10.2. The topological polar surface area (TPSA) is 38.9 Å². The Morgan fingerprint density at radius 1 is 1.06 bits per heavy atom. The van der Waals surface area contributed by atoms with E-state index in [1.54, 1.807) is 0 Å². The molecule has 3 rings (SSSR count). The van der Waals surface area contributed by atoms with Gasteiger partial charge in [-0.1, -0.05) is 44.2 Å². The first-order valence-corrected chi connectivity index (χ1v) is 6.59. The summed E-state index contributed by atoms with van der Waals surface area (Å²) < 4.78 is 6.41. The number of benzene rings is 1. The summed E-state index contributed by atoms with van der Waals surface area (Å²) in [6.07, 6.45) is 1.48. The quantitative estimate of drug-likeness (QED) is 0.613. The van der Waals surface area contributed by atoms with Gasteiger partial charge >= 0.3 is 0 Å². The van der Waals surface area contributed by atoms with Gasteiger partial charge in [0.15, 0.2) is 0 Å². The van der Waals surface area contributed by atoms with Crippen molar-refractivity contribution in [2.24, 2.45) is 0 Å². The normalized spacial score (nSPS) is 9.94. The van der Waals surface area contributed by atoms with E-state index in [0.29, 0.717) is 5.71 Å². The van der Waals surface area contributed by atoms with Gasteiger partial charge in [-0.15, -0.1) is 0 Å². The van der Waals surface area contributed by atoms with Gasteiger partial charge in [-0.25, -0.2) is 9.97 Å². The number of furan rings is 1. The van der Waals surface area contributed by atoms with Crippen molar-refractivity contribution in [3.8, 4) is 11.3 Å². The van der Waals surface area contributed by atoms with Gasteiger partial charge in [-0.2, -0.15) is 0 Å². The number of hydrogen-bond donors (Lipinski definition) is 0. The fraction of sp³-hybridized carbons (Fsp3) is 0.143. The van der Waals surface area contributed by atoms with Gasteiger partial charge in [0.1, 0.15) is 16.7 Å². The molecule has 18 heavy (non-hydrogen) atoms. The maximum Gasteiger partial charge on any atom is 0.230 e. The molecule has 0 fully saturated rings. The second kappa shape index (κ2) is 5.78. The average Bonchev–Trinajstić information content (AvgIpc) is 2.88. The van der Waals surface area contributed by atoms with Crippen molar-refractivity contribution < 1.29 is 4.42 Å². The van der Waals surface area contributed by atoms with Gasteiger partial charge in [-0.3, -0.25) is 0 Å². The summed E-state index contributed by atoms with van der Waals surface area (Å²) >= 11 is 3.37. The molecule has 0 atom stereocenters.